The monoisotopic (exact) mass is 1590 g/mol. The molecule has 0 radical (unpaired) electrons. The van der Waals surface area contributed by atoms with Gasteiger partial charge in [-0.3, -0.25) is 38.8 Å². The molecule has 15 atom stereocenters. The Balaban J connectivity index is 0.000000163. The van der Waals surface area contributed by atoms with Crippen molar-refractivity contribution in [2.24, 2.45) is 59.2 Å². The van der Waals surface area contributed by atoms with Gasteiger partial charge in [-0.25, -0.2) is 0 Å². The van der Waals surface area contributed by atoms with Crippen LogP contribution in [0.5, 0.6) is 0 Å². The van der Waals surface area contributed by atoms with Crippen molar-refractivity contribution in [2.45, 2.75) is 145 Å². The molecule has 6 heterocycles. The number of carbonyl (C=O) groups is 6. The van der Waals surface area contributed by atoms with Crippen LogP contribution in [-0.2, 0) is 35.2 Å². The number of amides is 3. The molecule has 4 aliphatic heterocycles. The van der Waals surface area contributed by atoms with Crippen LogP contribution in [0.25, 0.3) is 0 Å². The number of hydrogen-bond donors (Lipinski definition) is 1. The Hall–Kier alpha value is -10.3. The Morgan fingerprint density at radius 2 is 0.788 bits per heavy atom. The number of nitrogens with zero attached hydrogens (tertiary/aromatic N) is 7. The lowest BCUT2D eigenvalue weighted by molar-refractivity contribution is -0.148. The van der Waals surface area contributed by atoms with Gasteiger partial charge < -0.3 is 39.2 Å². The van der Waals surface area contributed by atoms with Crippen molar-refractivity contribution in [2.75, 3.05) is 79.7 Å². The fraction of sp³-hybridized carbons (Fsp3) is 0.431. The second-order valence-electron chi connectivity index (χ2n) is 34.0. The first-order valence-corrected chi connectivity index (χ1v) is 42.8. The number of fused-ring (bicyclic) bond motifs is 2. The van der Waals surface area contributed by atoms with Crippen molar-refractivity contribution in [3.8, 4) is 0 Å². The van der Waals surface area contributed by atoms with Gasteiger partial charge in [0.1, 0.15) is 6.29 Å². The molecule has 2 aromatic heterocycles. The third kappa shape index (κ3) is 24.2. The van der Waals surface area contributed by atoms with Crippen molar-refractivity contribution in [1.82, 2.24) is 39.8 Å². The van der Waals surface area contributed by atoms with Crippen molar-refractivity contribution in [3.05, 3.63) is 309 Å². The van der Waals surface area contributed by atoms with Crippen LogP contribution in [0.15, 0.2) is 237 Å². The average molecular weight is 1590 g/mol. The van der Waals surface area contributed by atoms with Crippen LogP contribution >= 0.6 is 0 Å². The molecule has 0 bridgehead atoms. The smallest absolute Gasteiger partial charge is 0.310 e. The molecule has 14 rings (SSSR count). The van der Waals surface area contributed by atoms with E-state index < -0.39 is 0 Å². The van der Waals surface area contributed by atoms with Gasteiger partial charge in [0.05, 0.1) is 54.6 Å². The van der Waals surface area contributed by atoms with Crippen LogP contribution in [0.3, 0.4) is 0 Å². The van der Waals surface area contributed by atoms with E-state index in [9.17, 15) is 28.8 Å². The molecular weight excluding hydrogens is 1470 g/mol. The summed E-state index contributed by atoms with van der Waals surface area (Å²) in [6, 6.07) is 76.3. The molecule has 624 valence electrons. The number of rotatable bonds is 26. The SMILES string of the molecule is CC(C=O)[C@H](C)c1ccccc1.COC(=O)C(C)C(c1ccccc1)N(Cc1ccccc1)[C@@H](C)c1ccccc1.COC(=O)C(C)[C@H](C)c1ccccc1.Cc1ccnc(C)c1C(=O)N1CC2CN(CC(C)[C@H](C)c3ccccc3)CC2C1.Cc1ccnc(C)c1C(=O)N1CC2CN(CC(C)[C@H](NC(=O)C3CC3)c3ccccc3)CC2C1. The molecule has 118 heavy (non-hydrogen) atoms. The molecule has 1 aliphatic carbocycles. The Labute approximate surface area is 703 Å². The first-order valence-electron chi connectivity index (χ1n) is 42.8. The number of likely N-dealkylation sites (tertiary alicyclic amines) is 4. The van der Waals surface area contributed by atoms with E-state index in [1.54, 1.807) is 12.4 Å². The Morgan fingerprint density at radius 3 is 1.18 bits per heavy atom. The standard InChI is InChI=1S/C28H36N4O2.C26H29NO2.C25H33N3O.C12H16O2.C11H14O/c1-18-11-12-29-20(3)25(18)28(34)32-16-23-14-31(15-24(23)17-32)13-19(2)26(21-7-5-4-6-8-21)30-27(33)22-9-10-22;1-20(26(28)29-3)25(24-17-11-6-12-18-24)27(19-22-13-7-4-8-14-22)21(2)23-15-9-5-10-16-23;1-17-10-11-26-20(4)24(17)25(29)28-15-22-13-27(14-23(22)16-28)12-18(2)19(3)21-8-6-5-7-9-21;1-9(10(2)12(13)14-3)11-7-5-4-6-8-11;1-9(8-12)10(2)11-6-4-3-5-7-11/h4-8,11-12,19,22-24,26H,9-10,13-17H2,1-3H3,(H,30,33);4-18,20-21,25H,19H2,1-3H3;5-11,18-19,22-23H,12-16H2,1-4H3;4-10H,1-3H3;3-10H,1-2H3/t19?,23?,24?,26-;20?,21-,25?;18?,19-,22?,23?;9-,10?;9?,10-/m00000/s1. The van der Waals surface area contributed by atoms with E-state index in [4.69, 9.17) is 9.47 Å². The Morgan fingerprint density at radius 1 is 0.432 bits per heavy atom. The summed E-state index contributed by atoms with van der Waals surface area (Å²) in [5.74, 6) is 4.32. The van der Waals surface area contributed by atoms with Gasteiger partial charge in [-0.15, -0.1) is 0 Å². The number of hydrogen-bond acceptors (Lipinski definition) is 13. The summed E-state index contributed by atoms with van der Waals surface area (Å²) >= 11 is 0. The first-order chi connectivity index (χ1) is 56.9. The fourth-order valence-corrected chi connectivity index (χ4v) is 17.7. The summed E-state index contributed by atoms with van der Waals surface area (Å²) < 4.78 is 9.85. The lowest BCUT2D eigenvalue weighted by Crippen LogP contribution is -2.39. The molecule has 10 unspecified atom stereocenters. The number of carbonyl (C=O) groups excluding carboxylic acids is 6. The molecule has 5 aliphatic rings. The van der Waals surface area contributed by atoms with Gasteiger partial charge in [-0.1, -0.05) is 268 Å². The van der Waals surface area contributed by atoms with E-state index in [-0.39, 0.29) is 77.4 Å². The van der Waals surface area contributed by atoms with Crippen molar-refractivity contribution >= 4 is 35.9 Å². The fourth-order valence-electron chi connectivity index (χ4n) is 17.7. The summed E-state index contributed by atoms with van der Waals surface area (Å²) in [6.07, 6.45) is 6.61. The van der Waals surface area contributed by atoms with Gasteiger partial charge in [-0.05, 0) is 163 Å². The van der Waals surface area contributed by atoms with Gasteiger partial charge in [-0.2, -0.15) is 0 Å². The average Bonchev–Trinajstić information content (AvgIpc) is 1.70. The highest BCUT2D eigenvalue weighted by Crippen LogP contribution is 2.41. The summed E-state index contributed by atoms with van der Waals surface area (Å²) in [7, 11) is 2.89. The molecule has 1 N–H and O–H groups in total. The number of nitrogens with one attached hydrogen (secondary N) is 1. The van der Waals surface area contributed by atoms with E-state index in [0.29, 0.717) is 47.3 Å². The van der Waals surface area contributed by atoms with Gasteiger partial charge in [0.25, 0.3) is 11.8 Å². The molecule has 7 aromatic carbocycles. The third-order valence-corrected chi connectivity index (χ3v) is 25.6. The minimum Gasteiger partial charge on any atom is -0.469 e. The number of benzene rings is 7. The highest BCUT2D eigenvalue weighted by atomic mass is 16.5. The maximum atomic E-state index is 13.2. The second kappa shape index (κ2) is 44.0. The zero-order valence-corrected chi connectivity index (χ0v) is 72.4. The van der Waals surface area contributed by atoms with E-state index in [1.807, 2.05) is 157 Å². The molecule has 0 spiro atoms. The largest absolute Gasteiger partial charge is 0.469 e. The summed E-state index contributed by atoms with van der Waals surface area (Å²) in [5, 5.41) is 3.35. The third-order valence-electron chi connectivity index (χ3n) is 25.6. The van der Waals surface area contributed by atoms with Crippen LogP contribution in [0.2, 0.25) is 0 Å². The first kappa shape index (κ1) is 90.1. The molecule has 5 fully saturated rings. The highest BCUT2D eigenvalue weighted by Gasteiger charge is 2.45. The Kier molecular flexibility index (Phi) is 33.6. The van der Waals surface area contributed by atoms with E-state index in [2.05, 4.69) is 197 Å². The van der Waals surface area contributed by atoms with Crippen LogP contribution in [0, 0.1) is 86.9 Å². The number of ether oxygens (including phenoxy) is 2. The van der Waals surface area contributed by atoms with Crippen LogP contribution in [0.1, 0.15) is 193 Å². The molecule has 4 saturated heterocycles. The number of methoxy groups -OCH3 is 2. The Bertz CT molecular complexity index is 4550. The zero-order valence-electron chi connectivity index (χ0n) is 72.4. The lowest BCUT2D eigenvalue weighted by Gasteiger charge is -2.39. The predicted molar refractivity (Wildman–Crippen MR) is 473 cm³/mol. The molecule has 3 amide bonds. The maximum Gasteiger partial charge on any atom is 0.310 e. The molecule has 16 heteroatoms. The van der Waals surface area contributed by atoms with Crippen molar-refractivity contribution in [1.29, 1.82) is 0 Å². The molecule has 1 saturated carbocycles. The number of aromatic nitrogens is 2. The van der Waals surface area contributed by atoms with Crippen LogP contribution < -0.4 is 5.32 Å². The van der Waals surface area contributed by atoms with Crippen LogP contribution in [-0.4, -0.2) is 150 Å². The van der Waals surface area contributed by atoms with E-state index in [0.717, 1.165) is 130 Å². The summed E-state index contributed by atoms with van der Waals surface area (Å²) in [6.45, 7) is 37.5. The van der Waals surface area contributed by atoms with Gasteiger partial charge in [0, 0.05) is 108 Å². The molecular formula is C102H128N8O8. The van der Waals surface area contributed by atoms with E-state index in [1.165, 1.54) is 47.6 Å². The normalized spacial score (nSPS) is 19.5. The number of aryl methyl sites for hydroxylation is 4. The van der Waals surface area contributed by atoms with E-state index >= 15 is 0 Å². The van der Waals surface area contributed by atoms with Crippen molar-refractivity contribution < 1.29 is 38.2 Å². The maximum absolute atomic E-state index is 13.2. The topological polar surface area (TPSA) is 175 Å². The van der Waals surface area contributed by atoms with Crippen molar-refractivity contribution in [3.63, 3.8) is 0 Å². The zero-order chi connectivity index (χ0) is 84.5. The van der Waals surface area contributed by atoms with Crippen LogP contribution in [0.4, 0.5) is 0 Å². The summed E-state index contributed by atoms with van der Waals surface area (Å²) in [5.41, 5.74) is 13.8. The highest BCUT2D eigenvalue weighted by molar-refractivity contribution is 5.97. The predicted octanol–water partition coefficient (Wildman–Crippen LogP) is 18.8. The molecule has 9 aromatic rings. The minimum absolute atomic E-state index is 0.0318. The quantitative estimate of drug-likeness (QED) is 0.0401. The second-order valence-corrected chi connectivity index (χ2v) is 34.0. The summed E-state index contributed by atoms with van der Waals surface area (Å²) in [4.78, 5) is 93.7. The molecule has 16 nitrogen and oxygen atoms in total. The minimum atomic E-state index is -0.308. The van der Waals surface area contributed by atoms with Gasteiger partial charge in [0.15, 0.2) is 0 Å². The number of esters is 2. The van der Waals surface area contributed by atoms with Gasteiger partial charge in [0.2, 0.25) is 5.91 Å². The lowest BCUT2D eigenvalue weighted by atomic mass is 9.88. The van der Waals surface area contributed by atoms with Gasteiger partial charge >= 0.3 is 11.9 Å². The number of pyridine rings is 2. The number of aldehydes is 1.